The van der Waals surface area contributed by atoms with Crippen molar-refractivity contribution in [3.05, 3.63) is 56.5 Å². The summed E-state index contributed by atoms with van der Waals surface area (Å²) in [5, 5.41) is 21.7. The monoisotopic (exact) mass is 452 g/mol. The average Bonchev–Trinajstić information content (AvgIpc) is 3.13. The van der Waals surface area contributed by atoms with Crippen molar-refractivity contribution < 1.29 is 23.1 Å². The highest BCUT2D eigenvalue weighted by atomic mass is 32.2. The van der Waals surface area contributed by atoms with Gasteiger partial charge >= 0.3 is 5.82 Å². The van der Waals surface area contributed by atoms with Gasteiger partial charge in [0.2, 0.25) is 21.8 Å². The lowest BCUT2D eigenvalue weighted by Crippen LogP contribution is -2.50. The molecular formula is C17H20N6O7S. The molecule has 1 aliphatic rings. The Morgan fingerprint density at radius 3 is 2.39 bits per heavy atom. The number of carbonyl (C=O) groups excluding carboxylic acids is 1. The summed E-state index contributed by atoms with van der Waals surface area (Å²) in [7, 11) is -3.92. The van der Waals surface area contributed by atoms with E-state index in [9.17, 15) is 33.4 Å². The number of sulfonamides is 1. The Bertz CT molecular complexity index is 1120. The van der Waals surface area contributed by atoms with Crippen molar-refractivity contribution in [2.45, 2.75) is 24.8 Å². The van der Waals surface area contributed by atoms with Crippen LogP contribution in [0.1, 0.15) is 12.2 Å². The van der Waals surface area contributed by atoms with E-state index < -0.39 is 19.9 Å². The molecule has 1 amide bonds. The molecule has 14 heteroatoms. The minimum atomic E-state index is -3.92. The molecule has 1 aromatic carbocycles. The minimum absolute atomic E-state index is 0.0618. The third kappa shape index (κ3) is 4.86. The number of aromatic nitrogens is 2. The molecule has 0 saturated carbocycles. The van der Waals surface area contributed by atoms with Crippen LogP contribution in [0.2, 0.25) is 0 Å². The number of nitro benzene ring substituents is 1. The van der Waals surface area contributed by atoms with Gasteiger partial charge in [-0.2, -0.15) is 4.31 Å². The van der Waals surface area contributed by atoms with Crippen molar-refractivity contribution >= 4 is 27.4 Å². The highest BCUT2D eigenvalue weighted by Gasteiger charge is 2.31. The Morgan fingerprint density at radius 2 is 1.81 bits per heavy atom. The summed E-state index contributed by atoms with van der Waals surface area (Å²) in [6.45, 7) is 2.30. The number of hydrogen-bond donors (Lipinski definition) is 0. The third-order valence-corrected chi connectivity index (χ3v) is 6.87. The predicted octanol–water partition coefficient (Wildman–Crippen LogP) is 0.931. The van der Waals surface area contributed by atoms with Gasteiger partial charge in [0.15, 0.2) is 0 Å². The van der Waals surface area contributed by atoms with Gasteiger partial charge in [0.05, 0.1) is 9.82 Å². The molecule has 1 saturated heterocycles. The molecule has 0 bridgehead atoms. The Labute approximate surface area is 177 Å². The van der Waals surface area contributed by atoms with Crippen LogP contribution in [-0.4, -0.2) is 69.1 Å². The largest absolute Gasteiger partial charge is 0.381 e. The van der Waals surface area contributed by atoms with E-state index in [0.717, 1.165) is 6.07 Å². The van der Waals surface area contributed by atoms with Crippen LogP contribution in [0.15, 0.2) is 35.4 Å². The maximum Gasteiger partial charge on any atom is 0.381 e. The van der Waals surface area contributed by atoms with Crippen molar-refractivity contribution in [2.24, 2.45) is 0 Å². The van der Waals surface area contributed by atoms with Crippen molar-refractivity contribution in [2.75, 3.05) is 26.2 Å². The highest BCUT2D eigenvalue weighted by Crippen LogP contribution is 2.22. The van der Waals surface area contributed by atoms with Crippen molar-refractivity contribution in [3.8, 4) is 0 Å². The molecule has 166 valence electrons. The van der Waals surface area contributed by atoms with E-state index in [0.29, 0.717) is 5.82 Å². The number of piperazine rings is 1. The second kappa shape index (κ2) is 8.77. The van der Waals surface area contributed by atoms with Gasteiger partial charge in [0.25, 0.3) is 5.69 Å². The van der Waals surface area contributed by atoms with Gasteiger partial charge in [-0.1, -0.05) is 6.07 Å². The van der Waals surface area contributed by atoms with Crippen LogP contribution in [0.25, 0.3) is 0 Å². The van der Waals surface area contributed by atoms with Crippen LogP contribution in [0.3, 0.4) is 0 Å². The van der Waals surface area contributed by atoms with Gasteiger partial charge in [-0.3, -0.25) is 14.9 Å². The quantitative estimate of drug-likeness (QED) is 0.442. The molecular weight excluding hydrogens is 432 g/mol. The molecule has 1 aliphatic heterocycles. The predicted molar refractivity (Wildman–Crippen MR) is 107 cm³/mol. The Kier molecular flexibility index (Phi) is 6.31. The molecule has 0 spiro atoms. The van der Waals surface area contributed by atoms with Gasteiger partial charge < -0.3 is 19.6 Å². The van der Waals surface area contributed by atoms with Crippen LogP contribution in [-0.2, 0) is 21.4 Å². The molecule has 31 heavy (non-hydrogen) atoms. The first-order valence-corrected chi connectivity index (χ1v) is 10.7. The number of nitrogens with zero attached hydrogens (tertiary/aromatic N) is 6. The first-order valence-electron chi connectivity index (χ1n) is 9.30. The topological polar surface area (TPSA) is 162 Å². The summed E-state index contributed by atoms with van der Waals surface area (Å²) in [5.41, 5.74) is -0.315. The maximum absolute atomic E-state index is 12.8. The number of amides is 1. The third-order valence-electron chi connectivity index (χ3n) is 4.97. The Morgan fingerprint density at radius 1 is 1.13 bits per heavy atom. The Hall–Kier alpha value is -3.39. The highest BCUT2D eigenvalue weighted by molar-refractivity contribution is 7.89. The average molecular weight is 452 g/mol. The second-order valence-electron chi connectivity index (χ2n) is 6.89. The zero-order valence-corrected chi connectivity index (χ0v) is 17.4. The molecule has 1 fully saturated rings. The minimum Gasteiger partial charge on any atom is -0.358 e. The molecule has 0 atom stereocenters. The van der Waals surface area contributed by atoms with E-state index in [1.807, 2.05) is 0 Å². The SMILES string of the molecule is Cc1nc([N+](=O)[O-])cn1CCC(=O)N1CCN(S(=O)(=O)c2cccc([N+](=O)[O-])c2)CC1. The smallest absolute Gasteiger partial charge is 0.358 e. The zero-order valence-electron chi connectivity index (χ0n) is 16.6. The van der Waals surface area contributed by atoms with Gasteiger partial charge in [0, 0.05) is 58.2 Å². The number of rotatable bonds is 7. The number of aryl methyl sites for hydroxylation is 2. The number of benzene rings is 1. The fourth-order valence-corrected chi connectivity index (χ4v) is 4.73. The van der Waals surface area contributed by atoms with E-state index in [2.05, 4.69) is 4.98 Å². The molecule has 0 N–H and O–H groups in total. The number of carbonyl (C=O) groups is 1. The normalized spacial score (nSPS) is 15.1. The fourth-order valence-electron chi connectivity index (χ4n) is 3.26. The van der Waals surface area contributed by atoms with E-state index in [1.54, 1.807) is 6.92 Å². The first kappa shape index (κ1) is 22.3. The number of non-ortho nitro benzene ring substituents is 1. The van der Waals surface area contributed by atoms with Gasteiger partial charge in [-0.05, 0) is 16.0 Å². The molecule has 0 radical (unpaired) electrons. The van der Waals surface area contributed by atoms with E-state index in [1.165, 1.54) is 38.2 Å². The van der Waals surface area contributed by atoms with Crippen LogP contribution in [0, 0.1) is 27.2 Å². The molecule has 2 heterocycles. The second-order valence-corrected chi connectivity index (χ2v) is 8.82. The van der Waals surface area contributed by atoms with Crippen LogP contribution in [0.5, 0.6) is 0 Å². The summed E-state index contributed by atoms with van der Waals surface area (Å²) in [6, 6.07) is 4.84. The molecule has 0 unspecified atom stereocenters. The van der Waals surface area contributed by atoms with E-state index >= 15 is 0 Å². The number of hydrogen-bond acceptors (Lipinski definition) is 8. The van der Waals surface area contributed by atoms with Crippen molar-refractivity contribution in [3.63, 3.8) is 0 Å². The van der Waals surface area contributed by atoms with Crippen LogP contribution < -0.4 is 0 Å². The van der Waals surface area contributed by atoms with Gasteiger partial charge in [-0.15, -0.1) is 0 Å². The van der Waals surface area contributed by atoms with Crippen LogP contribution in [0.4, 0.5) is 11.5 Å². The standard InChI is InChI=1S/C17H20N6O7S/c1-13-18-16(23(27)28)12-20(13)6-5-17(24)19-7-9-21(10-8-19)31(29,30)15-4-2-3-14(11-15)22(25)26/h2-4,11-12H,5-10H2,1H3. The molecule has 13 nitrogen and oxygen atoms in total. The summed E-state index contributed by atoms with van der Waals surface area (Å²) in [4.78, 5) is 38.1. The lowest BCUT2D eigenvalue weighted by atomic mass is 10.3. The van der Waals surface area contributed by atoms with Gasteiger partial charge in [0.1, 0.15) is 6.20 Å². The van der Waals surface area contributed by atoms with Crippen molar-refractivity contribution in [1.29, 1.82) is 0 Å². The number of imidazole rings is 1. The molecule has 0 aliphatic carbocycles. The maximum atomic E-state index is 12.8. The number of nitro groups is 2. The fraction of sp³-hybridized carbons (Fsp3) is 0.412. The lowest BCUT2D eigenvalue weighted by molar-refractivity contribution is -0.389. The van der Waals surface area contributed by atoms with Crippen molar-refractivity contribution in [1.82, 2.24) is 18.8 Å². The molecule has 3 rings (SSSR count). The Balaban J connectivity index is 1.58. The molecule has 1 aromatic heterocycles. The molecule has 2 aromatic rings. The summed E-state index contributed by atoms with van der Waals surface area (Å²) < 4.78 is 28.3. The first-order chi connectivity index (χ1) is 14.6. The van der Waals surface area contributed by atoms with Gasteiger partial charge in [-0.25, -0.2) is 8.42 Å². The van der Waals surface area contributed by atoms with E-state index in [4.69, 9.17) is 0 Å². The summed E-state index contributed by atoms with van der Waals surface area (Å²) in [5.74, 6) is -0.0690. The van der Waals surface area contributed by atoms with E-state index in [-0.39, 0.29) is 61.5 Å². The van der Waals surface area contributed by atoms with Crippen LogP contribution >= 0.6 is 0 Å². The zero-order chi connectivity index (χ0) is 22.8. The summed E-state index contributed by atoms with van der Waals surface area (Å²) >= 11 is 0. The lowest BCUT2D eigenvalue weighted by Gasteiger charge is -2.34. The summed E-state index contributed by atoms with van der Waals surface area (Å²) in [6.07, 6.45) is 1.36.